The van der Waals surface area contributed by atoms with Gasteiger partial charge in [-0.2, -0.15) is 0 Å². The van der Waals surface area contributed by atoms with Crippen LogP contribution in [0.5, 0.6) is 0 Å². The summed E-state index contributed by atoms with van der Waals surface area (Å²) in [4.78, 5) is 11.7. The second-order valence-corrected chi connectivity index (χ2v) is 9.22. The molecule has 124 valence electrons. The average Bonchev–Trinajstić information content (AvgIpc) is 2.39. The van der Waals surface area contributed by atoms with Gasteiger partial charge in [-0.15, -0.1) is 0 Å². The molecule has 6 heteroatoms. The van der Waals surface area contributed by atoms with Gasteiger partial charge in [-0.25, -0.2) is 13.2 Å². The molecule has 1 atom stereocenters. The molecule has 0 aliphatic heterocycles. The third-order valence-corrected chi connectivity index (χ3v) is 6.07. The van der Waals surface area contributed by atoms with Gasteiger partial charge in [0, 0.05) is 11.7 Å². The molecule has 0 aromatic heterocycles. The molecule has 1 rings (SSSR count). The number of sulfone groups is 1. The fourth-order valence-electron chi connectivity index (χ4n) is 1.61. The zero-order chi connectivity index (χ0) is 17.0. The molecule has 2 N–H and O–H groups in total. The molecule has 0 heterocycles. The van der Waals surface area contributed by atoms with E-state index in [4.69, 9.17) is 0 Å². The zero-order valence-corrected chi connectivity index (χ0v) is 14.8. The Hall–Kier alpha value is -1.56. The minimum atomic E-state index is -3.21. The lowest BCUT2D eigenvalue weighted by atomic mass is 10.2. The monoisotopic (exact) mass is 326 g/mol. The summed E-state index contributed by atoms with van der Waals surface area (Å²) in [5.41, 5.74) is 1.35. The van der Waals surface area contributed by atoms with Gasteiger partial charge in [0.05, 0.1) is 10.5 Å². The van der Waals surface area contributed by atoms with E-state index in [1.807, 2.05) is 13.8 Å². The van der Waals surface area contributed by atoms with E-state index in [1.165, 1.54) is 0 Å². The molecule has 22 heavy (non-hydrogen) atoms. The van der Waals surface area contributed by atoms with E-state index in [-0.39, 0.29) is 17.8 Å². The third kappa shape index (κ3) is 5.33. The number of hydrogen-bond acceptors (Lipinski definition) is 3. The Morgan fingerprint density at radius 1 is 1.18 bits per heavy atom. The molecule has 0 bridgehead atoms. The maximum atomic E-state index is 12.2. The van der Waals surface area contributed by atoms with Crippen LogP contribution in [0.3, 0.4) is 0 Å². The van der Waals surface area contributed by atoms with Crippen LogP contribution in [0.4, 0.5) is 10.5 Å². The molecule has 2 amide bonds. The summed E-state index contributed by atoms with van der Waals surface area (Å²) in [5, 5.41) is 5.53. The first-order valence-electron chi connectivity index (χ1n) is 7.44. The van der Waals surface area contributed by atoms with Crippen LogP contribution >= 0.6 is 0 Å². The molecule has 1 aromatic rings. The van der Waals surface area contributed by atoms with E-state index in [1.54, 1.807) is 45.0 Å². The number of anilines is 1. The molecule has 0 spiro atoms. The van der Waals surface area contributed by atoms with Crippen LogP contribution < -0.4 is 10.6 Å². The van der Waals surface area contributed by atoms with E-state index >= 15 is 0 Å². The Labute approximate surface area is 133 Å². The predicted octanol–water partition coefficient (Wildman–Crippen LogP) is 3.32. The van der Waals surface area contributed by atoms with Gasteiger partial charge in [0.25, 0.3) is 0 Å². The second kappa shape index (κ2) is 7.13. The van der Waals surface area contributed by atoms with Crippen molar-refractivity contribution in [1.29, 1.82) is 0 Å². The van der Waals surface area contributed by atoms with Crippen LogP contribution in [0.15, 0.2) is 24.3 Å². The van der Waals surface area contributed by atoms with E-state index < -0.39 is 14.6 Å². The molecule has 0 aliphatic carbocycles. The predicted molar refractivity (Wildman–Crippen MR) is 90.7 cm³/mol. The topological polar surface area (TPSA) is 75.3 Å². The normalized spacial score (nSPS) is 13.5. The van der Waals surface area contributed by atoms with Gasteiger partial charge in [-0.3, -0.25) is 0 Å². The number of carbonyl (C=O) groups is 1. The Balaban J connectivity index is 2.70. The van der Waals surface area contributed by atoms with Crippen LogP contribution in [0.2, 0.25) is 0 Å². The second-order valence-electron chi connectivity index (χ2n) is 6.48. The molecule has 0 saturated heterocycles. The summed E-state index contributed by atoms with van der Waals surface area (Å²) in [6.07, 6.45) is 0.858. The molecule has 5 nitrogen and oxygen atoms in total. The van der Waals surface area contributed by atoms with Gasteiger partial charge in [0.1, 0.15) is 0 Å². The molecule has 0 radical (unpaired) electrons. The third-order valence-electron chi connectivity index (χ3n) is 3.49. The van der Waals surface area contributed by atoms with Crippen molar-refractivity contribution >= 4 is 21.6 Å². The summed E-state index contributed by atoms with van der Waals surface area (Å²) >= 11 is 0. The van der Waals surface area contributed by atoms with E-state index in [0.29, 0.717) is 11.3 Å². The van der Waals surface area contributed by atoms with Gasteiger partial charge >= 0.3 is 6.03 Å². The molecule has 1 aromatic carbocycles. The Morgan fingerprint density at radius 2 is 1.73 bits per heavy atom. The van der Waals surface area contributed by atoms with Crippen LogP contribution in [-0.2, 0) is 15.6 Å². The molecule has 0 saturated carbocycles. The highest BCUT2D eigenvalue weighted by Gasteiger charge is 2.28. The van der Waals surface area contributed by atoms with Gasteiger partial charge in [0.2, 0.25) is 0 Å². The first kappa shape index (κ1) is 18.5. The maximum absolute atomic E-state index is 12.2. The lowest BCUT2D eigenvalue weighted by molar-refractivity contribution is 0.249. The van der Waals surface area contributed by atoms with Gasteiger partial charge in [0.15, 0.2) is 9.84 Å². The number of amides is 2. The summed E-state index contributed by atoms with van der Waals surface area (Å²) < 4.78 is 23.5. The molecule has 0 unspecified atom stereocenters. The van der Waals surface area contributed by atoms with Crippen molar-refractivity contribution in [1.82, 2.24) is 5.32 Å². The van der Waals surface area contributed by atoms with Gasteiger partial charge < -0.3 is 10.6 Å². The summed E-state index contributed by atoms with van der Waals surface area (Å²) in [7, 11) is -3.21. The largest absolute Gasteiger partial charge is 0.335 e. The van der Waals surface area contributed by atoms with Crippen molar-refractivity contribution < 1.29 is 13.2 Å². The lowest BCUT2D eigenvalue weighted by Gasteiger charge is -2.19. The van der Waals surface area contributed by atoms with Crippen LogP contribution in [0.1, 0.15) is 46.6 Å². The first-order valence-corrected chi connectivity index (χ1v) is 9.09. The van der Waals surface area contributed by atoms with E-state index in [0.717, 1.165) is 6.42 Å². The quantitative estimate of drug-likeness (QED) is 0.871. The summed E-state index contributed by atoms with van der Waals surface area (Å²) in [6.45, 7) is 9.00. The Bertz CT molecular complexity index is 601. The highest BCUT2D eigenvalue weighted by atomic mass is 32.2. The van der Waals surface area contributed by atoms with Gasteiger partial charge in [-0.1, -0.05) is 19.1 Å². The number of nitrogens with one attached hydrogen (secondary N) is 2. The van der Waals surface area contributed by atoms with E-state index in [9.17, 15) is 13.2 Å². The summed E-state index contributed by atoms with van der Waals surface area (Å²) in [5.74, 6) is -0.00412. The van der Waals surface area contributed by atoms with Crippen molar-refractivity contribution in [2.75, 3.05) is 5.32 Å². The maximum Gasteiger partial charge on any atom is 0.319 e. The standard InChI is InChI=1S/C16H26N2O3S/c1-6-12(2)17-15(19)18-14-9-7-13(8-10-14)11-22(20,21)16(3,4)5/h7-10,12H,6,11H2,1-5H3,(H2,17,18,19)/t12-/m1/s1. The molecular formula is C16H26N2O3S. The smallest absolute Gasteiger partial charge is 0.319 e. The Morgan fingerprint density at radius 3 is 2.18 bits per heavy atom. The van der Waals surface area contributed by atoms with Crippen molar-refractivity contribution in [2.24, 2.45) is 0 Å². The first-order chi connectivity index (χ1) is 10.0. The molecule has 0 fully saturated rings. The minimum Gasteiger partial charge on any atom is -0.335 e. The fourth-order valence-corrected chi connectivity index (χ4v) is 2.68. The Kier molecular flexibility index (Phi) is 6.00. The van der Waals surface area contributed by atoms with Crippen molar-refractivity contribution in [3.05, 3.63) is 29.8 Å². The number of rotatable bonds is 5. The van der Waals surface area contributed by atoms with Crippen LogP contribution in [-0.4, -0.2) is 25.2 Å². The highest BCUT2D eigenvalue weighted by Crippen LogP contribution is 2.21. The van der Waals surface area contributed by atoms with Crippen LogP contribution in [0.25, 0.3) is 0 Å². The number of benzene rings is 1. The minimum absolute atomic E-state index is 0.00412. The average molecular weight is 326 g/mol. The SMILES string of the molecule is CC[C@@H](C)NC(=O)Nc1ccc(CS(=O)(=O)C(C)(C)C)cc1. The zero-order valence-electron chi connectivity index (χ0n) is 13.9. The fraction of sp³-hybridized carbons (Fsp3) is 0.562. The summed E-state index contributed by atoms with van der Waals surface area (Å²) in [6, 6.07) is 6.72. The van der Waals surface area contributed by atoms with Crippen LogP contribution in [0, 0.1) is 0 Å². The molecular weight excluding hydrogens is 300 g/mol. The van der Waals surface area contributed by atoms with Crippen molar-refractivity contribution in [3.63, 3.8) is 0 Å². The van der Waals surface area contributed by atoms with E-state index in [2.05, 4.69) is 10.6 Å². The number of carbonyl (C=O) groups excluding carboxylic acids is 1. The molecule has 0 aliphatic rings. The van der Waals surface area contributed by atoms with Crippen molar-refractivity contribution in [2.45, 2.75) is 57.6 Å². The number of urea groups is 1. The highest BCUT2D eigenvalue weighted by molar-refractivity contribution is 7.91. The van der Waals surface area contributed by atoms with Crippen molar-refractivity contribution in [3.8, 4) is 0 Å². The number of hydrogen-bond donors (Lipinski definition) is 2. The van der Waals surface area contributed by atoms with Gasteiger partial charge in [-0.05, 0) is 51.8 Å². The lowest BCUT2D eigenvalue weighted by Crippen LogP contribution is -2.35.